The fraction of sp³-hybridized carbons (Fsp3) is 0.455. The zero-order valence-corrected chi connectivity index (χ0v) is 19.0. The van der Waals surface area contributed by atoms with E-state index in [9.17, 15) is 4.79 Å². The third kappa shape index (κ3) is 4.02. The van der Waals surface area contributed by atoms with Gasteiger partial charge in [-0.3, -0.25) is 9.89 Å². The highest BCUT2D eigenvalue weighted by molar-refractivity contribution is 6.38. The van der Waals surface area contributed by atoms with Crippen LogP contribution in [0.4, 0.5) is 0 Å². The van der Waals surface area contributed by atoms with Gasteiger partial charge in [-0.25, -0.2) is 0 Å². The number of rotatable bonds is 6. The van der Waals surface area contributed by atoms with E-state index in [1.165, 1.54) is 11.6 Å². The minimum absolute atomic E-state index is 0.00420. The van der Waals surface area contributed by atoms with Gasteiger partial charge in [0.25, 0.3) is 0 Å². The maximum absolute atomic E-state index is 11.8. The van der Waals surface area contributed by atoms with Crippen LogP contribution in [0, 0.1) is 0 Å². The molecule has 0 radical (unpaired) electrons. The summed E-state index contributed by atoms with van der Waals surface area (Å²) in [6.45, 7) is 4.51. The fourth-order valence-electron chi connectivity index (χ4n) is 4.56. The topological polar surface area (TPSA) is 85.5 Å². The fourth-order valence-corrected chi connectivity index (χ4v) is 5.37. The molecule has 1 saturated heterocycles. The maximum atomic E-state index is 11.8. The molecule has 1 fully saturated rings. The quantitative estimate of drug-likeness (QED) is 0.633. The van der Waals surface area contributed by atoms with E-state index in [1.54, 1.807) is 20.3 Å². The number of nitrogens with zero attached hydrogens (tertiary/aromatic N) is 1. The van der Waals surface area contributed by atoms with Gasteiger partial charge in [0.1, 0.15) is 11.5 Å². The van der Waals surface area contributed by atoms with Crippen LogP contribution in [0.2, 0.25) is 10.0 Å². The van der Waals surface area contributed by atoms with E-state index < -0.39 is 0 Å². The lowest BCUT2D eigenvalue weighted by atomic mass is 9.80. The summed E-state index contributed by atoms with van der Waals surface area (Å²) < 4.78 is 16.5. The zero-order valence-electron chi connectivity index (χ0n) is 17.5. The first-order chi connectivity index (χ1) is 15.0. The van der Waals surface area contributed by atoms with E-state index in [1.807, 2.05) is 0 Å². The van der Waals surface area contributed by atoms with Gasteiger partial charge in [-0.1, -0.05) is 29.8 Å². The Balaban J connectivity index is 1.61. The molecule has 1 amide bonds. The second kappa shape index (κ2) is 9.10. The number of benzene rings is 1. The van der Waals surface area contributed by atoms with Gasteiger partial charge in [-0.15, -0.1) is 0 Å². The number of methoxy groups -OCH3 is 2. The van der Waals surface area contributed by atoms with Crippen molar-refractivity contribution >= 4 is 29.1 Å². The van der Waals surface area contributed by atoms with Crippen molar-refractivity contribution in [2.45, 2.75) is 37.1 Å². The number of nitrogens with one attached hydrogen (secondary N) is 2. The molecule has 1 aromatic carbocycles. The summed E-state index contributed by atoms with van der Waals surface area (Å²) in [5.74, 6) is 0.975. The lowest BCUT2D eigenvalue weighted by molar-refractivity contribution is -0.117. The standard InChI is InChI=1S/C22H25Cl2N3O4/c1-4-18(28)25-15-10-31-9-13(15)22-12-6-5-11(7-14(12)26-27-22)19-20(23)16(29-2)8-17(30-3)21(19)24/h4,8,11,13,15H,1,5-7,9-10H2,2-3H3,(H,25,28)(H,26,27)/t11?,13-,15+/m1/s1. The molecule has 31 heavy (non-hydrogen) atoms. The number of ether oxygens (including phenoxy) is 3. The monoisotopic (exact) mass is 465 g/mol. The molecule has 0 saturated carbocycles. The maximum Gasteiger partial charge on any atom is 0.243 e. The number of hydrogen-bond acceptors (Lipinski definition) is 5. The molecule has 7 nitrogen and oxygen atoms in total. The molecule has 4 rings (SSSR count). The third-order valence-electron chi connectivity index (χ3n) is 6.14. The van der Waals surface area contributed by atoms with E-state index in [0.29, 0.717) is 34.8 Å². The highest BCUT2D eigenvalue weighted by Gasteiger charge is 2.37. The number of hydrogen-bond donors (Lipinski definition) is 2. The SMILES string of the molecule is C=CC(=O)N[C@H]1COC[C@H]1c1n[nH]c2c1CCC(c1c(Cl)c(OC)cc(OC)c1Cl)C2. The summed E-state index contributed by atoms with van der Waals surface area (Å²) in [6, 6.07) is 1.58. The van der Waals surface area contributed by atoms with Crippen molar-refractivity contribution in [2.75, 3.05) is 27.4 Å². The Kier molecular flexibility index (Phi) is 6.46. The summed E-state index contributed by atoms with van der Waals surface area (Å²) in [5.41, 5.74) is 4.04. The second-order valence-corrected chi connectivity index (χ2v) is 8.55. The molecule has 3 atom stereocenters. The predicted molar refractivity (Wildman–Crippen MR) is 119 cm³/mol. The Bertz CT molecular complexity index is 979. The molecule has 166 valence electrons. The van der Waals surface area contributed by atoms with Crippen LogP contribution in [0.15, 0.2) is 18.7 Å². The van der Waals surface area contributed by atoms with Gasteiger partial charge in [0.15, 0.2) is 0 Å². The molecule has 0 bridgehead atoms. The van der Waals surface area contributed by atoms with Gasteiger partial charge in [0.2, 0.25) is 5.91 Å². The van der Waals surface area contributed by atoms with Crippen LogP contribution in [-0.2, 0) is 22.4 Å². The van der Waals surface area contributed by atoms with Crippen LogP contribution in [-0.4, -0.2) is 49.6 Å². The number of carbonyl (C=O) groups excluding carboxylic acids is 1. The Labute approximate surface area is 191 Å². The molecule has 1 unspecified atom stereocenters. The minimum atomic E-state index is -0.207. The number of amides is 1. The molecule has 2 aromatic rings. The highest BCUT2D eigenvalue weighted by Crippen LogP contribution is 2.47. The van der Waals surface area contributed by atoms with Crippen molar-refractivity contribution in [3.8, 4) is 11.5 Å². The second-order valence-electron chi connectivity index (χ2n) is 7.79. The Hall–Kier alpha value is -2.22. The Morgan fingerprint density at radius 1 is 1.29 bits per heavy atom. The molecule has 1 aliphatic heterocycles. The molecule has 1 aromatic heterocycles. The van der Waals surface area contributed by atoms with Crippen molar-refractivity contribution in [3.63, 3.8) is 0 Å². The first kappa shape index (κ1) is 22.0. The van der Waals surface area contributed by atoms with E-state index in [4.69, 9.17) is 37.4 Å². The molecular formula is C22H25Cl2N3O4. The van der Waals surface area contributed by atoms with Gasteiger partial charge >= 0.3 is 0 Å². The Morgan fingerprint density at radius 3 is 2.65 bits per heavy atom. The van der Waals surface area contributed by atoms with Crippen molar-refractivity contribution in [1.29, 1.82) is 0 Å². The van der Waals surface area contributed by atoms with Crippen LogP contribution in [0.1, 0.15) is 40.8 Å². The van der Waals surface area contributed by atoms with Crippen LogP contribution >= 0.6 is 23.2 Å². The van der Waals surface area contributed by atoms with Gasteiger partial charge in [0.05, 0.1) is 49.2 Å². The third-order valence-corrected chi connectivity index (χ3v) is 6.92. The number of aromatic nitrogens is 2. The van der Waals surface area contributed by atoms with E-state index >= 15 is 0 Å². The summed E-state index contributed by atoms with van der Waals surface area (Å²) in [5, 5.41) is 11.8. The van der Waals surface area contributed by atoms with Crippen LogP contribution in [0.25, 0.3) is 0 Å². The molecule has 9 heteroatoms. The molecule has 2 aliphatic rings. The number of carbonyl (C=O) groups is 1. The average molecular weight is 466 g/mol. The average Bonchev–Trinajstić information content (AvgIpc) is 3.40. The molecule has 1 aliphatic carbocycles. The van der Waals surface area contributed by atoms with Gasteiger partial charge < -0.3 is 19.5 Å². The normalized spacial score (nSPS) is 22.6. The van der Waals surface area contributed by atoms with E-state index in [2.05, 4.69) is 22.1 Å². The van der Waals surface area contributed by atoms with Crippen molar-refractivity contribution < 1.29 is 19.0 Å². The van der Waals surface area contributed by atoms with Gasteiger partial charge in [-0.05, 0) is 36.8 Å². The molecule has 2 heterocycles. The predicted octanol–water partition coefficient (Wildman–Crippen LogP) is 3.79. The summed E-state index contributed by atoms with van der Waals surface area (Å²) in [6.07, 6.45) is 3.66. The first-order valence-corrected chi connectivity index (χ1v) is 10.9. The van der Waals surface area contributed by atoms with Crippen molar-refractivity contribution in [2.24, 2.45) is 0 Å². The zero-order chi connectivity index (χ0) is 22.1. The van der Waals surface area contributed by atoms with Crippen LogP contribution < -0.4 is 14.8 Å². The van der Waals surface area contributed by atoms with Crippen LogP contribution in [0.3, 0.4) is 0 Å². The smallest absolute Gasteiger partial charge is 0.243 e. The van der Waals surface area contributed by atoms with E-state index in [0.717, 1.165) is 36.2 Å². The Morgan fingerprint density at radius 2 is 2.00 bits per heavy atom. The van der Waals surface area contributed by atoms with E-state index in [-0.39, 0.29) is 23.8 Å². The lowest BCUT2D eigenvalue weighted by Gasteiger charge is -2.27. The summed E-state index contributed by atoms with van der Waals surface area (Å²) in [7, 11) is 3.15. The van der Waals surface area contributed by atoms with Crippen molar-refractivity contribution in [1.82, 2.24) is 15.5 Å². The largest absolute Gasteiger partial charge is 0.495 e. The van der Waals surface area contributed by atoms with Crippen LogP contribution in [0.5, 0.6) is 11.5 Å². The van der Waals surface area contributed by atoms with Gasteiger partial charge in [-0.2, -0.15) is 5.10 Å². The number of fused-ring (bicyclic) bond motifs is 1. The summed E-state index contributed by atoms with van der Waals surface area (Å²) in [4.78, 5) is 11.8. The van der Waals surface area contributed by atoms with Crippen molar-refractivity contribution in [3.05, 3.63) is 51.3 Å². The van der Waals surface area contributed by atoms with Gasteiger partial charge in [0, 0.05) is 23.2 Å². The lowest BCUT2D eigenvalue weighted by Crippen LogP contribution is -2.38. The summed E-state index contributed by atoms with van der Waals surface area (Å²) >= 11 is 13.3. The highest BCUT2D eigenvalue weighted by atomic mass is 35.5. The molecule has 2 N–H and O–H groups in total. The number of halogens is 2. The number of aromatic amines is 1. The first-order valence-electron chi connectivity index (χ1n) is 10.1. The molecule has 0 spiro atoms. The minimum Gasteiger partial charge on any atom is -0.495 e. The number of H-pyrrole nitrogens is 1. The molecular weight excluding hydrogens is 441 g/mol.